The molecule has 1 atom stereocenters. The zero-order chi connectivity index (χ0) is 13.8. The summed E-state index contributed by atoms with van der Waals surface area (Å²) in [5, 5.41) is 14.2. The molecule has 0 aliphatic carbocycles. The third kappa shape index (κ3) is 3.32. The largest absolute Gasteiger partial charge is 0.373 e. The van der Waals surface area contributed by atoms with Gasteiger partial charge < -0.3 is 5.32 Å². The van der Waals surface area contributed by atoms with E-state index in [1.807, 2.05) is 37.3 Å². The lowest BCUT2D eigenvalue weighted by molar-refractivity contribution is -0.384. The number of rotatable bonds is 4. The first-order valence-corrected chi connectivity index (χ1v) is 6.62. The fraction of sp³-hybridized carbons (Fsp3) is 0.143. The standard InChI is InChI=1S/C14H13BrN2O2/c1-10(11-5-3-2-4-6-11)16-13-9-12(15)7-8-14(13)17(18)19/h2-10,16H,1H3/t10-/m1/s1. The van der Waals surface area contributed by atoms with Crippen molar-refractivity contribution in [3.63, 3.8) is 0 Å². The Morgan fingerprint density at radius 1 is 1.21 bits per heavy atom. The first-order chi connectivity index (χ1) is 9.08. The second kappa shape index (κ2) is 5.84. The Bertz CT molecular complexity index is 587. The fourth-order valence-corrected chi connectivity index (χ4v) is 2.20. The van der Waals surface area contributed by atoms with Gasteiger partial charge in [-0.2, -0.15) is 0 Å². The van der Waals surface area contributed by atoms with Crippen LogP contribution in [0.5, 0.6) is 0 Å². The van der Waals surface area contributed by atoms with Gasteiger partial charge in [-0.05, 0) is 24.6 Å². The summed E-state index contributed by atoms with van der Waals surface area (Å²) in [5.41, 5.74) is 1.67. The van der Waals surface area contributed by atoms with Gasteiger partial charge in [0.1, 0.15) is 5.69 Å². The van der Waals surface area contributed by atoms with Crippen molar-refractivity contribution in [2.24, 2.45) is 0 Å². The van der Waals surface area contributed by atoms with Gasteiger partial charge in [0.15, 0.2) is 0 Å². The Hall–Kier alpha value is -1.88. The van der Waals surface area contributed by atoms with Gasteiger partial charge in [-0.1, -0.05) is 46.3 Å². The second-order valence-corrected chi connectivity index (χ2v) is 5.11. The number of nitro benzene ring substituents is 1. The highest BCUT2D eigenvalue weighted by molar-refractivity contribution is 9.10. The summed E-state index contributed by atoms with van der Waals surface area (Å²) in [4.78, 5) is 10.6. The molecule has 0 radical (unpaired) electrons. The van der Waals surface area contributed by atoms with E-state index in [2.05, 4.69) is 21.2 Å². The molecule has 98 valence electrons. The molecule has 0 aliphatic heterocycles. The SMILES string of the molecule is C[C@@H](Nc1cc(Br)ccc1[N+](=O)[O-])c1ccccc1. The lowest BCUT2D eigenvalue weighted by atomic mass is 10.1. The molecule has 0 aliphatic rings. The van der Waals surface area contributed by atoms with E-state index in [9.17, 15) is 10.1 Å². The number of nitrogens with zero attached hydrogens (tertiary/aromatic N) is 1. The van der Waals surface area contributed by atoms with Crippen LogP contribution in [0.1, 0.15) is 18.5 Å². The minimum absolute atomic E-state index is 0.00537. The molecule has 2 aromatic rings. The monoisotopic (exact) mass is 320 g/mol. The van der Waals surface area contributed by atoms with E-state index in [-0.39, 0.29) is 16.7 Å². The highest BCUT2D eigenvalue weighted by atomic mass is 79.9. The van der Waals surface area contributed by atoms with Crippen molar-refractivity contribution in [2.75, 3.05) is 5.32 Å². The van der Waals surface area contributed by atoms with Crippen molar-refractivity contribution in [3.8, 4) is 0 Å². The predicted octanol–water partition coefficient (Wildman–Crippen LogP) is 4.53. The van der Waals surface area contributed by atoms with Gasteiger partial charge in [0.25, 0.3) is 5.69 Å². The summed E-state index contributed by atoms with van der Waals surface area (Å²) in [6, 6.07) is 14.7. The summed E-state index contributed by atoms with van der Waals surface area (Å²) >= 11 is 3.33. The maximum Gasteiger partial charge on any atom is 0.292 e. The van der Waals surface area contributed by atoms with Gasteiger partial charge in [-0.25, -0.2) is 0 Å². The molecule has 0 saturated carbocycles. The molecule has 0 amide bonds. The third-order valence-electron chi connectivity index (χ3n) is 2.83. The van der Waals surface area contributed by atoms with Gasteiger partial charge in [-0.15, -0.1) is 0 Å². The molecule has 4 nitrogen and oxygen atoms in total. The van der Waals surface area contributed by atoms with Crippen molar-refractivity contribution in [2.45, 2.75) is 13.0 Å². The Morgan fingerprint density at radius 3 is 2.53 bits per heavy atom. The number of hydrogen-bond acceptors (Lipinski definition) is 3. The van der Waals surface area contributed by atoms with E-state index in [4.69, 9.17) is 0 Å². The molecule has 2 aromatic carbocycles. The second-order valence-electron chi connectivity index (χ2n) is 4.20. The van der Waals surface area contributed by atoms with Gasteiger partial charge in [-0.3, -0.25) is 10.1 Å². The molecule has 0 spiro atoms. The highest BCUT2D eigenvalue weighted by Crippen LogP contribution is 2.30. The quantitative estimate of drug-likeness (QED) is 0.665. The molecule has 0 bridgehead atoms. The minimum Gasteiger partial charge on any atom is -0.373 e. The van der Waals surface area contributed by atoms with Gasteiger partial charge in [0.2, 0.25) is 0 Å². The summed E-state index contributed by atoms with van der Waals surface area (Å²) in [6.07, 6.45) is 0. The summed E-state index contributed by atoms with van der Waals surface area (Å²) in [5.74, 6) is 0. The number of benzene rings is 2. The number of nitro groups is 1. The minimum atomic E-state index is -0.382. The predicted molar refractivity (Wildman–Crippen MR) is 79.3 cm³/mol. The van der Waals surface area contributed by atoms with Crippen molar-refractivity contribution in [1.29, 1.82) is 0 Å². The van der Waals surface area contributed by atoms with E-state index in [0.29, 0.717) is 5.69 Å². The molecule has 5 heteroatoms. The van der Waals surface area contributed by atoms with Gasteiger partial charge in [0.05, 0.1) is 4.92 Å². The van der Waals surface area contributed by atoms with Crippen LogP contribution in [-0.2, 0) is 0 Å². The summed E-state index contributed by atoms with van der Waals surface area (Å²) < 4.78 is 0.806. The smallest absolute Gasteiger partial charge is 0.292 e. The van der Waals surface area contributed by atoms with Crippen LogP contribution in [0.25, 0.3) is 0 Å². The van der Waals surface area contributed by atoms with Crippen LogP contribution in [0.3, 0.4) is 0 Å². The number of halogens is 1. The van der Waals surface area contributed by atoms with E-state index < -0.39 is 0 Å². The van der Waals surface area contributed by atoms with Gasteiger partial charge >= 0.3 is 0 Å². The van der Waals surface area contributed by atoms with Crippen molar-refractivity contribution < 1.29 is 4.92 Å². The van der Waals surface area contributed by atoms with Crippen LogP contribution in [-0.4, -0.2) is 4.92 Å². The normalized spacial score (nSPS) is 11.9. The van der Waals surface area contributed by atoms with Crippen LogP contribution < -0.4 is 5.32 Å². The summed E-state index contributed by atoms with van der Waals surface area (Å²) in [6.45, 7) is 1.97. The van der Waals surface area contributed by atoms with Crippen LogP contribution in [0, 0.1) is 10.1 Å². The maximum absolute atomic E-state index is 11.0. The first kappa shape index (κ1) is 13.5. The zero-order valence-electron chi connectivity index (χ0n) is 10.3. The number of hydrogen-bond donors (Lipinski definition) is 1. The molecule has 0 saturated heterocycles. The topological polar surface area (TPSA) is 55.2 Å². The first-order valence-electron chi connectivity index (χ1n) is 5.83. The molecule has 19 heavy (non-hydrogen) atoms. The Labute approximate surface area is 119 Å². The highest BCUT2D eigenvalue weighted by Gasteiger charge is 2.16. The number of nitrogens with one attached hydrogen (secondary N) is 1. The number of anilines is 1. The lowest BCUT2D eigenvalue weighted by Gasteiger charge is -2.15. The van der Waals surface area contributed by atoms with Gasteiger partial charge in [0, 0.05) is 16.6 Å². The van der Waals surface area contributed by atoms with Crippen molar-refractivity contribution >= 4 is 27.3 Å². The van der Waals surface area contributed by atoms with Crippen LogP contribution in [0.2, 0.25) is 0 Å². The molecule has 0 heterocycles. The maximum atomic E-state index is 11.0. The van der Waals surface area contributed by atoms with Crippen LogP contribution >= 0.6 is 15.9 Å². The average Bonchev–Trinajstić information content (AvgIpc) is 2.39. The molecular weight excluding hydrogens is 308 g/mol. The average molecular weight is 321 g/mol. The van der Waals surface area contributed by atoms with Crippen LogP contribution in [0.15, 0.2) is 53.0 Å². The van der Waals surface area contributed by atoms with Crippen molar-refractivity contribution in [3.05, 3.63) is 68.7 Å². The molecule has 1 N–H and O–H groups in total. The van der Waals surface area contributed by atoms with E-state index in [1.165, 1.54) is 6.07 Å². The van der Waals surface area contributed by atoms with E-state index in [0.717, 1.165) is 10.0 Å². The molecule has 2 rings (SSSR count). The molecule has 0 fully saturated rings. The zero-order valence-corrected chi connectivity index (χ0v) is 11.9. The van der Waals surface area contributed by atoms with E-state index in [1.54, 1.807) is 12.1 Å². The van der Waals surface area contributed by atoms with Crippen molar-refractivity contribution in [1.82, 2.24) is 0 Å². The Kier molecular flexibility index (Phi) is 4.16. The Morgan fingerprint density at radius 2 is 1.89 bits per heavy atom. The molecule has 0 unspecified atom stereocenters. The molecule has 0 aromatic heterocycles. The molecular formula is C14H13BrN2O2. The fourth-order valence-electron chi connectivity index (χ4n) is 1.84. The third-order valence-corrected chi connectivity index (χ3v) is 3.32. The van der Waals surface area contributed by atoms with Crippen LogP contribution in [0.4, 0.5) is 11.4 Å². The lowest BCUT2D eigenvalue weighted by Crippen LogP contribution is -2.08. The van der Waals surface area contributed by atoms with E-state index >= 15 is 0 Å². The Balaban J connectivity index is 2.28. The summed E-state index contributed by atoms with van der Waals surface area (Å²) in [7, 11) is 0.